The largest absolute Gasteiger partial charge is 0.381 e. The normalized spacial score (nSPS) is 10.2. The maximum absolute atomic E-state index is 13.4. The Balaban J connectivity index is 2.08. The minimum absolute atomic E-state index is 0.513. The summed E-state index contributed by atoms with van der Waals surface area (Å²) in [5.41, 5.74) is 2.22. The summed E-state index contributed by atoms with van der Waals surface area (Å²) in [7, 11) is 0. The van der Waals surface area contributed by atoms with Gasteiger partial charge in [0.05, 0.1) is 4.92 Å². The second-order valence-corrected chi connectivity index (χ2v) is 4.27. The summed E-state index contributed by atoms with van der Waals surface area (Å²) < 4.78 is 13.4. The molecule has 0 amide bonds. The van der Waals surface area contributed by atoms with Gasteiger partial charge in [0.1, 0.15) is 0 Å². The number of rotatable bonds is 4. The Labute approximate surface area is 110 Å². The fourth-order valence-electron chi connectivity index (χ4n) is 1.79. The van der Waals surface area contributed by atoms with Crippen molar-refractivity contribution in [2.75, 3.05) is 5.32 Å². The number of nitro groups is 1. The maximum Gasteiger partial charge on any atom is 0.304 e. The predicted octanol–water partition coefficient (Wildman–Crippen LogP) is 3.65. The zero-order chi connectivity index (χ0) is 13.8. The summed E-state index contributed by atoms with van der Waals surface area (Å²) in [4.78, 5) is 9.76. The van der Waals surface area contributed by atoms with Gasteiger partial charge in [-0.25, -0.2) is 0 Å². The molecular weight excluding hydrogens is 247 g/mol. The number of anilines is 1. The molecule has 19 heavy (non-hydrogen) atoms. The minimum Gasteiger partial charge on any atom is -0.381 e. The van der Waals surface area contributed by atoms with Gasteiger partial charge in [0.25, 0.3) is 0 Å². The topological polar surface area (TPSA) is 55.2 Å². The van der Waals surface area contributed by atoms with Gasteiger partial charge in [-0.2, -0.15) is 4.39 Å². The van der Waals surface area contributed by atoms with Crippen molar-refractivity contribution in [2.45, 2.75) is 13.5 Å². The van der Waals surface area contributed by atoms with Gasteiger partial charge in [0.2, 0.25) is 5.82 Å². The average Bonchev–Trinajstić information content (AvgIpc) is 2.36. The third kappa shape index (κ3) is 3.28. The van der Waals surface area contributed by atoms with Crippen LogP contribution in [-0.4, -0.2) is 4.92 Å². The molecule has 0 saturated heterocycles. The van der Waals surface area contributed by atoms with Crippen molar-refractivity contribution < 1.29 is 9.31 Å². The molecule has 0 heterocycles. The molecule has 2 aromatic carbocycles. The molecule has 0 atom stereocenters. The van der Waals surface area contributed by atoms with E-state index in [1.807, 2.05) is 31.2 Å². The van der Waals surface area contributed by atoms with Crippen molar-refractivity contribution in [3.8, 4) is 0 Å². The summed E-state index contributed by atoms with van der Waals surface area (Å²) >= 11 is 0. The van der Waals surface area contributed by atoms with Crippen LogP contribution in [0.1, 0.15) is 11.1 Å². The molecule has 4 nitrogen and oxygen atoms in total. The van der Waals surface area contributed by atoms with Crippen molar-refractivity contribution in [1.29, 1.82) is 0 Å². The molecule has 0 unspecified atom stereocenters. The number of hydrogen-bond donors (Lipinski definition) is 1. The molecule has 0 saturated carbocycles. The van der Waals surface area contributed by atoms with Gasteiger partial charge < -0.3 is 5.32 Å². The molecule has 0 spiro atoms. The smallest absolute Gasteiger partial charge is 0.304 e. The first-order valence-electron chi connectivity index (χ1n) is 5.79. The van der Waals surface area contributed by atoms with Gasteiger partial charge in [-0.3, -0.25) is 10.1 Å². The van der Waals surface area contributed by atoms with E-state index in [9.17, 15) is 14.5 Å². The lowest BCUT2D eigenvalue weighted by atomic mass is 10.1. The highest BCUT2D eigenvalue weighted by Crippen LogP contribution is 2.21. The van der Waals surface area contributed by atoms with Gasteiger partial charge in [-0.15, -0.1) is 0 Å². The van der Waals surface area contributed by atoms with Crippen LogP contribution in [0, 0.1) is 22.9 Å². The summed E-state index contributed by atoms with van der Waals surface area (Å²) in [6, 6.07) is 11.7. The molecule has 0 aromatic heterocycles. The van der Waals surface area contributed by atoms with Gasteiger partial charge in [-0.05, 0) is 18.6 Å². The number of nitrogens with one attached hydrogen (secondary N) is 1. The Morgan fingerprint density at radius 2 is 2.05 bits per heavy atom. The molecule has 0 fully saturated rings. The van der Waals surface area contributed by atoms with E-state index in [1.54, 1.807) is 0 Å². The summed E-state index contributed by atoms with van der Waals surface area (Å²) in [6.07, 6.45) is 0. The summed E-state index contributed by atoms with van der Waals surface area (Å²) in [6.45, 7) is 2.54. The standard InChI is InChI=1S/C14H13FN2O2/c1-10-3-2-4-11(7-10)9-16-12-5-6-14(17(18)19)13(15)8-12/h2-8,16H,9H2,1H3. The molecule has 0 aliphatic carbocycles. The van der Waals surface area contributed by atoms with Crippen molar-refractivity contribution >= 4 is 11.4 Å². The molecule has 0 bridgehead atoms. The van der Waals surface area contributed by atoms with Crippen molar-refractivity contribution in [2.24, 2.45) is 0 Å². The van der Waals surface area contributed by atoms with E-state index in [-0.39, 0.29) is 0 Å². The van der Waals surface area contributed by atoms with E-state index in [4.69, 9.17) is 0 Å². The highest BCUT2D eigenvalue weighted by atomic mass is 19.1. The Kier molecular flexibility index (Phi) is 3.75. The van der Waals surface area contributed by atoms with Gasteiger partial charge in [-0.1, -0.05) is 29.8 Å². The number of nitro benzene ring substituents is 1. The van der Waals surface area contributed by atoms with E-state index in [0.29, 0.717) is 12.2 Å². The minimum atomic E-state index is -0.834. The van der Waals surface area contributed by atoms with E-state index in [0.717, 1.165) is 23.3 Å². The summed E-state index contributed by atoms with van der Waals surface area (Å²) in [5.74, 6) is -0.834. The van der Waals surface area contributed by atoms with E-state index in [1.165, 1.54) is 6.07 Å². The second kappa shape index (κ2) is 5.48. The van der Waals surface area contributed by atoms with Crippen LogP contribution >= 0.6 is 0 Å². The molecule has 98 valence electrons. The number of nitrogens with zero attached hydrogens (tertiary/aromatic N) is 1. The molecule has 2 rings (SSSR count). The molecule has 0 aliphatic rings. The SMILES string of the molecule is Cc1cccc(CNc2ccc([N+](=O)[O-])c(F)c2)c1. The zero-order valence-electron chi connectivity index (χ0n) is 10.4. The summed E-state index contributed by atoms with van der Waals surface area (Å²) in [5, 5.41) is 13.5. The Bertz CT molecular complexity index is 614. The lowest BCUT2D eigenvalue weighted by Crippen LogP contribution is -2.01. The first-order valence-corrected chi connectivity index (χ1v) is 5.79. The third-order valence-electron chi connectivity index (χ3n) is 2.72. The van der Waals surface area contributed by atoms with Crippen LogP contribution in [0.3, 0.4) is 0 Å². The van der Waals surface area contributed by atoms with Crippen LogP contribution in [0.15, 0.2) is 42.5 Å². The van der Waals surface area contributed by atoms with Gasteiger partial charge in [0.15, 0.2) is 0 Å². The lowest BCUT2D eigenvalue weighted by Gasteiger charge is -2.07. The van der Waals surface area contributed by atoms with Crippen LogP contribution in [0.2, 0.25) is 0 Å². The predicted molar refractivity (Wildman–Crippen MR) is 71.6 cm³/mol. The lowest BCUT2D eigenvalue weighted by molar-refractivity contribution is -0.387. The van der Waals surface area contributed by atoms with Crippen LogP contribution in [0.4, 0.5) is 15.8 Å². The molecule has 5 heteroatoms. The highest BCUT2D eigenvalue weighted by molar-refractivity contribution is 5.50. The quantitative estimate of drug-likeness (QED) is 0.674. The van der Waals surface area contributed by atoms with Crippen molar-refractivity contribution in [1.82, 2.24) is 0 Å². The van der Waals surface area contributed by atoms with Crippen molar-refractivity contribution in [3.63, 3.8) is 0 Å². The molecule has 2 aromatic rings. The fourth-order valence-corrected chi connectivity index (χ4v) is 1.79. The second-order valence-electron chi connectivity index (χ2n) is 4.27. The molecule has 0 aliphatic heterocycles. The highest BCUT2D eigenvalue weighted by Gasteiger charge is 2.13. The third-order valence-corrected chi connectivity index (χ3v) is 2.72. The van der Waals surface area contributed by atoms with Crippen LogP contribution < -0.4 is 5.32 Å². The maximum atomic E-state index is 13.4. The zero-order valence-corrected chi connectivity index (χ0v) is 10.4. The van der Waals surface area contributed by atoms with Crippen LogP contribution in [0.25, 0.3) is 0 Å². The van der Waals surface area contributed by atoms with Gasteiger partial charge in [0, 0.05) is 24.4 Å². The first kappa shape index (κ1) is 13.0. The van der Waals surface area contributed by atoms with E-state index < -0.39 is 16.4 Å². The Morgan fingerprint density at radius 3 is 2.68 bits per heavy atom. The number of benzene rings is 2. The number of aryl methyl sites for hydroxylation is 1. The van der Waals surface area contributed by atoms with Crippen LogP contribution in [0.5, 0.6) is 0 Å². The fraction of sp³-hybridized carbons (Fsp3) is 0.143. The van der Waals surface area contributed by atoms with Crippen molar-refractivity contribution in [3.05, 3.63) is 69.5 Å². The van der Waals surface area contributed by atoms with Crippen LogP contribution in [-0.2, 0) is 6.54 Å². The monoisotopic (exact) mass is 260 g/mol. The molecule has 0 radical (unpaired) electrons. The molecule has 1 N–H and O–H groups in total. The van der Waals surface area contributed by atoms with Gasteiger partial charge >= 0.3 is 5.69 Å². The first-order chi connectivity index (χ1) is 9.06. The molecular formula is C14H13FN2O2. The number of hydrogen-bond acceptors (Lipinski definition) is 3. The Morgan fingerprint density at radius 1 is 1.26 bits per heavy atom. The number of halogens is 1. The Hall–Kier alpha value is -2.43. The van der Waals surface area contributed by atoms with E-state index >= 15 is 0 Å². The van der Waals surface area contributed by atoms with E-state index in [2.05, 4.69) is 5.32 Å². The average molecular weight is 260 g/mol.